The van der Waals surface area contributed by atoms with E-state index in [2.05, 4.69) is 22.1 Å². The maximum Gasteiger partial charge on any atom is 0.289 e. The molecule has 1 saturated heterocycles. The van der Waals surface area contributed by atoms with Crippen LogP contribution in [-0.4, -0.2) is 65.9 Å². The van der Waals surface area contributed by atoms with Crippen LogP contribution in [0.2, 0.25) is 5.02 Å². The van der Waals surface area contributed by atoms with E-state index in [1.807, 2.05) is 29.3 Å². The monoisotopic (exact) mass is 555 g/mol. The number of aromatic amines is 1. The maximum absolute atomic E-state index is 12.5. The van der Waals surface area contributed by atoms with Crippen LogP contribution in [0.25, 0.3) is 10.9 Å². The number of piperazine rings is 1. The summed E-state index contributed by atoms with van der Waals surface area (Å²) in [5.74, 6) is 1.22. The van der Waals surface area contributed by atoms with Crippen molar-refractivity contribution in [1.29, 1.82) is 0 Å². The van der Waals surface area contributed by atoms with Crippen molar-refractivity contribution in [2.24, 2.45) is 4.99 Å². The number of nitrogens with zero attached hydrogens (tertiary/aromatic N) is 3. The molecular weight excluding hydrogens is 529 g/mol. The van der Waals surface area contributed by atoms with Crippen LogP contribution < -0.4 is 5.32 Å². The number of amides is 1. The summed E-state index contributed by atoms with van der Waals surface area (Å²) in [5.41, 5.74) is 2.29. The highest BCUT2D eigenvalue weighted by atomic mass is 127. The minimum atomic E-state index is -0.0559. The van der Waals surface area contributed by atoms with Crippen LogP contribution in [0.3, 0.4) is 0 Å². The van der Waals surface area contributed by atoms with Gasteiger partial charge in [0.15, 0.2) is 11.7 Å². The Bertz CT molecular complexity index is 1030. The summed E-state index contributed by atoms with van der Waals surface area (Å²) in [6.45, 7) is 6.30. The van der Waals surface area contributed by atoms with Gasteiger partial charge in [0, 0.05) is 61.4 Å². The number of guanidine groups is 1. The number of rotatable bonds is 5. The third kappa shape index (κ3) is 5.54. The van der Waals surface area contributed by atoms with Gasteiger partial charge >= 0.3 is 0 Å². The molecule has 3 heterocycles. The summed E-state index contributed by atoms with van der Waals surface area (Å²) in [6.07, 6.45) is 4.38. The van der Waals surface area contributed by atoms with Gasteiger partial charge in [-0.25, -0.2) is 0 Å². The lowest BCUT2D eigenvalue weighted by Gasteiger charge is -2.36. The maximum atomic E-state index is 12.5. The Morgan fingerprint density at radius 2 is 2.00 bits per heavy atom. The number of H-pyrrole nitrogens is 1. The fourth-order valence-electron chi connectivity index (χ4n) is 3.74. The highest BCUT2D eigenvalue weighted by molar-refractivity contribution is 14.0. The first kappa shape index (κ1) is 23.5. The van der Waals surface area contributed by atoms with E-state index in [1.165, 1.54) is 11.8 Å². The van der Waals surface area contributed by atoms with Crippen LogP contribution in [0.15, 0.2) is 52.2 Å². The molecule has 0 unspecified atom stereocenters. The average molecular weight is 556 g/mol. The minimum absolute atomic E-state index is 0. The molecule has 0 spiro atoms. The lowest BCUT2D eigenvalue weighted by atomic mass is 10.1. The first-order valence-corrected chi connectivity index (χ1v) is 10.6. The van der Waals surface area contributed by atoms with Crippen molar-refractivity contribution < 1.29 is 9.21 Å². The molecule has 0 radical (unpaired) electrons. The Morgan fingerprint density at radius 1 is 1.23 bits per heavy atom. The van der Waals surface area contributed by atoms with Crippen LogP contribution in [0.1, 0.15) is 23.0 Å². The van der Waals surface area contributed by atoms with E-state index in [-0.39, 0.29) is 29.9 Å². The van der Waals surface area contributed by atoms with Crippen molar-refractivity contribution in [2.45, 2.75) is 13.3 Å². The second-order valence-electron chi connectivity index (χ2n) is 7.25. The summed E-state index contributed by atoms with van der Waals surface area (Å²) < 4.78 is 5.24. The molecule has 1 amide bonds. The number of fused-ring (bicyclic) bond motifs is 1. The summed E-state index contributed by atoms with van der Waals surface area (Å²) in [7, 11) is 0. The molecule has 4 rings (SSSR count). The third-order valence-electron chi connectivity index (χ3n) is 5.31. The number of hydrogen-bond acceptors (Lipinski definition) is 3. The van der Waals surface area contributed by atoms with Crippen LogP contribution in [0.5, 0.6) is 0 Å². The Hall–Kier alpha value is -2.20. The Kier molecular flexibility index (Phi) is 8.25. The van der Waals surface area contributed by atoms with Crippen LogP contribution in [0.4, 0.5) is 0 Å². The van der Waals surface area contributed by atoms with Gasteiger partial charge in [0.05, 0.1) is 6.26 Å². The minimum Gasteiger partial charge on any atom is -0.459 e. The molecule has 1 fully saturated rings. The van der Waals surface area contributed by atoms with Gasteiger partial charge in [0.25, 0.3) is 5.91 Å². The smallest absolute Gasteiger partial charge is 0.289 e. The lowest BCUT2D eigenvalue weighted by Crippen LogP contribution is -2.53. The first-order valence-electron chi connectivity index (χ1n) is 10.3. The van der Waals surface area contributed by atoms with Gasteiger partial charge in [-0.05, 0) is 49.2 Å². The molecule has 1 aliphatic heterocycles. The molecule has 0 bridgehead atoms. The highest BCUT2D eigenvalue weighted by Gasteiger charge is 2.25. The summed E-state index contributed by atoms with van der Waals surface area (Å²) >= 11 is 6.15. The second-order valence-corrected chi connectivity index (χ2v) is 7.68. The number of aliphatic imine (C=N–C) groups is 1. The van der Waals surface area contributed by atoms with Crippen LogP contribution in [0, 0.1) is 0 Å². The molecule has 0 atom stereocenters. The zero-order valence-corrected chi connectivity index (χ0v) is 20.5. The fraction of sp³-hybridized carbons (Fsp3) is 0.364. The quantitative estimate of drug-likeness (QED) is 0.284. The number of halogens is 2. The van der Waals surface area contributed by atoms with Crippen molar-refractivity contribution >= 4 is 58.3 Å². The molecule has 31 heavy (non-hydrogen) atoms. The first-order chi connectivity index (χ1) is 14.7. The molecule has 2 aromatic heterocycles. The number of benzene rings is 1. The molecule has 0 saturated carbocycles. The van der Waals surface area contributed by atoms with E-state index in [9.17, 15) is 4.79 Å². The van der Waals surface area contributed by atoms with Crippen molar-refractivity contribution in [3.63, 3.8) is 0 Å². The standard InChI is InChI=1S/C22H26ClN5O2.HI/c1-2-24-22(25-8-7-16-15-26-19-6-5-17(23)14-18(16)19)28-11-9-27(10-12-28)21(29)20-4-3-13-30-20;/h3-6,13-15,26H,2,7-12H2,1H3,(H,24,25);1H. The zero-order valence-electron chi connectivity index (χ0n) is 17.4. The van der Waals surface area contributed by atoms with E-state index < -0.39 is 0 Å². The zero-order chi connectivity index (χ0) is 20.9. The number of furan rings is 1. The van der Waals surface area contributed by atoms with Crippen LogP contribution in [-0.2, 0) is 6.42 Å². The number of carbonyl (C=O) groups excluding carboxylic acids is 1. The molecular formula is C22H27ClIN5O2. The van der Waals surface area contributed by atoms with Crippen LogP contribution >= 0.6 is 35.6 Å². The van der Waals surface area contributed by atoms with Crippen molar-refractivity contribution in [2.75, 3.05) is 39.3 Å². The predicted octanol–water partition coefficient (Wildman–Crippen LogP) is 4.00. The van der Waals surface area contributed by atoms with E-state index in [0.717, 1.165) is 47.9 Å². The molecule has 2 N–H and O–H groups in total. The summed E-state index contributed by atoms with van der Waals surface area (Å²) in [6, 6.07) is 9.33. The number of hydrogen-bond donors (Lipinski definition) is 2. The Labute approximate surface area is 203 Å². The fourth-order valence-corrected chi connectivity index (χ4v) is 3.92. The topological polar surface area (TPSA) is 76.9 Å². The van der Waals surface area contributed by atoms with Crippen molar-refractivity contribution in [1.82, 2.24) is 20.1 Å². The second kappa shape index (κ2) is 10.9. The highest BCUT2D eigenvalue weighted by Crippen LogP contribution is 2.22. The normalized spacial score (nSPS) is 14.6. The molecule has 3 aromatic rings. The molecule has 9 heteroatoms. The lowest BCUT2D eigenvalue weighted by molar-refractivity contribution is 0.0657. The molecule has 166 valence electrons. The Balaban J connectivity index is 0.00000272. The number of carbonyl (C=O) groups is 1. The van der Waals surface area contributed by atoms with E-state index in [4.69, 9.17) is 21.0 Å². The largest absolute Gasteiger partial charge is 0.459 e. The number of nitrogens with one attached hydrogen (secondary N) is 2. The van der Waals surface area contributed by atoms with Crippen molar-refractivity contribution in [3.05, 3.63) is 59.1 Å². The summed E-state index contributed by atoms with van der Waals surface area (Å²) in [5, 5.41) is 5.26. The van der Waals surface area contributed by atoms with E-state index >= 15 is 0 Å². The molecule has 1 aliphatic rings. The van der Waals surface area contributed by atoms with E-state index in [1.54, 1.807) is 12.1 Å². The molecule has 7 nitrogen and oxygen atoms in total. The SMILES string of the molecule is CCNC(=NCCc1c[nH]c2ccc(Cl)cc12)N1CCN(C(=O)c2ccco2)CC1.I. The van der Waals surface area contributed by atoms with Gasteiger partial charge in [-0.2, -0.15) is 0 Å². The van der Waals surface area contributed by atoms with Gasteiger partial charge in [-0.1, -0.05) is 11.6 Å². The Morgan fingerprint density at radius 3 is 2.71 bits per heavy atom. The molecule has 0 aliphatic carbocycles. The van der Waals surface area contributed by atoms with Crippen molar-refractivity contribution in [3.8, 4) is 0 Å². The van der Waals surface area contributed by atoms with Gasteiger partial charge < -0.3 is 24.5 Å². The van der Waals surface area contributed by atoms with Gasteiger partial charge in [0.2, 0.25) is 0 Å². The summed E-state index contributed by atoms with van der Waals surface area (Å²) in [4.78, 5) is 24.6. The third-order valence-corrected chi connectivity index (χ3v) is 5.54. The molecule has 1 aromatic carbocycles. The van der Waals surface area contributed by atoms with Gasteiger partial charge in [0.1, 0.15) is 0 Å². The van der Waals surface area contributed by atoms with Gasteiger partial charge in [-0.15, -0.1) is 24.0 Å². The predicted molar refractivity (Wildman–Crippen MR) is 135 cm³/mol. The van der Waals surface area contributed by atoms with E-state index in [0.29, 0.717) is 25.4 Å². The number of aromatic nitrogens is 1. The van der Waals surface area contributed by atoms with Gasteiger partial charge in [-0.3, -0.25) is 9.79 Å². The average Bonchev–Trinajstić information content (AvgIpc) is 3.43.